The van der Waals surface area contributed by atoms with Gasteiger partial charge in [-0.25, -0.2) is 9.98 Å². The second-order valence-electron chi connectivity index (χ2n) is 14.3. The first-order valence-electron chi connectivity index (χ1n) is 19.0. The second kappa shape index (κ2) is 13.1. The Morgan fingerprint density at radius 3 is 1.71 bits per heavy atom. The fourth-order valence-electron chi connectivity index (χ4n) is 8.44. The van der Waals surface area contributed by atoms with Gasteiger partial charge in [0.15, 0.2) is 5.84 Å². The zero-order chi connectivity index (χ0) is 37.0. The molecule has 1 atom stereocenters. The first-order valence-corrected chi connectivity index (χ1v) is 19.0. The molecular weight excluding hydrogens is 683 g/mol. The van der Waals surface area contributed by atoms with Gasteiger partial charge in [-0.3, -0.25) is 4.57 Å². The van der Waals surface area contributed by atoms with Crippen molar-refractivity contribution < 1.29 is 0 Å². The third kappa shape index (κ3) is 5.24. The standard InChI is InChI=1S/C51H35N5/c1-4-16-34(17-5-1)37-22-14-24-39(32-37)50-52-49(36-20-8-3-9-21-36)53-51(54-50)56-44-28-12-10-26-41(44)42-30-31-46-47(48(42)56)43-27-11-13-29-45(43)55(46)40-25-15-23-38(33-40)35-18-6-2-7-19-35/h1-33,51H,(H,52,53,54). The van der Waals surface area contributed by atoms with Gasteiger partial charge in [-0.2, -0.15) is 0 Å². The zero-order valence-corrected chi connectivity index (χ0v) is 30.4. The molecular formula is C51H35N5. The van der Waals surface area contributed by atoms with Gasteiger partial charge in [-0.1, -0.05) is 164 Å². The highest BCUT2D eigenvalue weighted by Gasteiger charge is 2.27. The van der Waals surface area contributed by atoms with Crippen LogP contribution in [0.5, 0.6) is 0 Å². The summed E-state index contributed by atoms with van der Waals surface area (Å²) in [6.07, 6.45) is -0.491. The van der Waals surface area contributed by atoms with E-state index in [-0.39, 0.29) is 0 Å². The summed E-state index contributed by atoms with van der Waals surface area (Å²) in [7, 11) is 0. The van der Waals surface area contributed by atoms with Crippen LogP contribution in [0.1, 0.15) is 17.4 Å². The number of aromatic nitrogens is 2. The smallest absolute Gasteiger partial charge is 0.204 e. The molecule has 0 aliphatic carbocycles. The van der Waals surface area contributed by atoms with Crippen molar-refractivity contribution in [3.8, 4) is 27.9 Å². The lowest BCUT2D eigenvalue weighted by molar-refractivity contribution is 0.516. The van der Waals surface area contributed by atoms with Crippen LogP contribution >= 0.6 is 0 Å². The minimum atomic E-state index is -0.491. The topological polar surface area (TPSA) is 46.6 Å². The summed E-state index contributed by atoms with van der Waals surface area (Å²) in [5, 5.41) is 8.57. The molecule has 0 spiro atoms. The molecule has 2 aromatic heterocycles. The maximum Gasteiger partial charge on any atom is 0.204 e. The summed E-state index contributed by atoms with van der Waals surface area (Å²) in [5.74, 6) is 1.47. The molecule has 0 amide bonds. The van der Waals surface area contributed by atoms with Gasteiger partial charge in [0, 0.05) is 38.4 Å². The molecule has 0 saturated heterocycles. The summed E-state index contributed by atoms with van der Waals surface area (Å²) in [5.41, 5.74) is 12.3. The maximum atomic E-state index is 5.42. The van der Waals surface area contributed by atoms with Crippen LogP contribution in [-0.4, -0.2) is 20.8 Å². The number of para-hydroxylation sites is 2. The van der Waals surface area contributed by atoms with Crippen molar-refractivity contribution in [3.05, 3.63) is 211 Å². The highest BCUT2D eigenvalue weighted by atomic mass is 15.3. The Hall–Kier alpha value is -7.50. The number of hydrogen-bond acceptors (Lipinski definition) is 3. The van der Waals surface area contributed by atoms with Crippen molar-refractivity contribution >= 4 is 55.3 Å². The van der Waals surface area contributed by atoms with Crippen molar-refractivity contribution in [2.45, 2.75) is 6.29 Å². The number of nitrogens with one attached hydrogen (secondary N) is 1. The van der Waals surface area contributed by atoms with Crippen molar-refractivity contribution in [1.29, 1.82) is 0 Å². The minimum absolute atomic E-state index is 0.491. The summed E-state index contributed by atoms with van der Waals surface area (Å²) < 4.78 is 4.80. The molecule has 1 N–H and O–H groups in total. The quantitative estimate of drug-likeness (QED) is 0.183. The van der Waals surface area contributed by atoms with Gasteiger partial charge in [0.25, 0.3) is 0 Å². The Bertz CT molecular complexity index is 3150. The summed E-state index contributed by atoms with van der Waals surface area (Å²) in [6.45, 7) is 0. The van der Waals surface area contributed by atoms with Crippen LogP contribution in [0.4, 0.5) is 0 Å². The zero-order valence-electron chi connectivity index (χ0n) is 30.4. The number of nitrogens with zero attached hydrogens (tertiary/aromatic N) is 4. The molecule has 5 nitrogen and oxygen atoms in total. The highest BCUT2D eigenvalue weighted by molar-refractivity contribution is 6.26. The Morgan fingerprint density at radius 1 is 0.411 bits per heavy atom. The molecule has 3 heterocycles. The lowest BCUT2D eigenvalue weighted by Gasteiger charge is -2.26. The molecule has 264 valence electrons. The van der Waals surface area contributed by atoms with E-state index in [1.165, 1.54) is 32.7 Å². The Labute approximate surface area is 324 Å². The number of benzene rings is 8. The van der Waals surface area contributed by atoms with Gasteiger partial charge in [0.05, 0.1) is 22.1 Å². The number of aliphatic imine (C=N–C) groups is 2. The number of amidine groups is 2. The van der Waals surface area contributed by atoms with Gasteiger partial charge < -0.3 is 9.88 Å². The van der Waals surface area contributed by atoms with Gasteiger partial charge in [0.1, 0.15) is 5.84 Å². The van der Waals surface area contributed by atoms with E-state index >= 15 is 0 Å². The van der Waals surface area contributed by atoms with Gasteiger partial charge in [-0.05, 0) is 58.7 Å². The lowest BCUT2D eigenvalue weighted by Crippen LogP contribution is -2.36. The van der Waals surface area contributed by atoms with E-state index < -0.39 is 6.29 Å². The van der Waals surface area contributed by atoms with E-state index in [1.54, 1.807) is 0 Å². The predicted octanol–water partition coefficient (Wildman–Crippen LogP) is 12.2. The SMILES string of the molecule is c1ccc(C2=NC(n3c4ccccc4c4ccc5c(c6ccccc6n5-c5cccc(-c6ccccc6)c5)c43)NC(c3cccc(-c4ccccc4)c3)=N2)cc1. The average molecular weight is 718 g/mol. The van der Waals surface area contributed by atoms with E-state index in [1.807, 2.05) is 18.2 Å². The number of hydrogen-bond donors (Lipinski definition) is 1. The monoisotopic (exact) mass is 717 g/mol. The van der Waals surface area contributed by atoms with Gasteiger partial charge in [0.2, 0.25) is 6.29 Å². The van der Waals surface area contributed by atoms with Crippen molar-refractivity contribution in [2.75, 3.05) is 0 Å². The second-order valence-corrected chi connectivity index (χ2v) is 14.3. The van der Waals surface area contributed by atoms with Crippen LogP contribution in [0.3, 0.4) is 0 Å². The summed E-state index contributed by atoms with van der Waals surface area (Å²) in [4.78, 5) is 10.6. The molecule has 10 aromatic rings. The molecule has 0 radical (unpaired) electrons. The highest BCUT2D eigenvalue weighted by Crippen LogP contribution is 2.42. The molecule has 1 aliphatic rings. The van der Waals surface area contributed by atoms with E-state index in [9.17, 15) is 0 Å². The number of rotatable bonds is 6. The molecule has 5 heteroatoms. The van der Waals surface area contributed by atoms with Gasteiger partial charge in [-0.15, -0.1) is 0 Å². The fraction of sp³-hybridized carbons (Fsp3) is 0.0196. The molecule has 0 bridgehead atoms. The molecule has 0 saturated carbocycles. The molecule has 0 fully saturated rings. The van der Waals surface area contributed by atoms with Crippen LogP contribution in [0, 0.1) is 0 Å². The third-order valence-electron chi connectivity index (χ3n) is 11.0. The van der Waals surface area contributed by atoms with E-state index in [4.69, 9.17) is 9.98 Å². The molecule has 8 aromatic carbocycles. The van der Waals surface area contributed by atoms with E-state index in [2.05, 4.69) is 196 Å². The Kier molecular flexibility index (Phi) is 7.49. The molecule has 1 unspecified atom stereocenters. The number of fused-ring (bicyclic) bond motifs is 7. The van der Waals surface area contributed by atoms with Crippen LogP contribution < -0.4 is 5.32 Å². The average Bonchev–Trinajstić information content (AvgIpc) is 3.80. The van der Waals surface area contributed by atoms with Crippen molar-refractivity contribution in [2.24, 2.45) is 9.98 Å². The largest absolute Gasteiger partial charge is 0.331 e. The van der Waals surface area contributed by atoms with Crippen molar-refractivity contribution in [3.63, 3.8) is 0 Å². The molecule has 11 rings (SSSR count). The van der Waals surface area contributed by atoms with Crippen LogP contribution in [0.2, 0.25) is 0 Å². The first kappa shape index (κ1) is 32.0. The minimum Gasteiger partial charge on any atom is -0.331 e. The van der Waals surface area contributed by atoms with E-state index in [0.29, 0.717) is 5.84 Å². The maximum absolute atomic E-state index is 5.42. The normalized spacial score (nSPS) is 14.2. The Balaban J connectivity index is 1.16. The van der Waals surface area contributed by atoms with Crippen molar-refractivity contribution in [1.82, 2.24) is 14.5 Å². The lowest BCUT2D eigenvalue weighted by atomic mass is 10.0. The molecule has 56 heavy (non-hydrogen) atoms. The fourth-order valence-corrected chi connectivity index (χ4v) is 8.44. The van der Waals surface area contributed by atoms with Crippen LogP contribution in [-0.2, 0) is 0 Å². The molecule has 1 aliphatic heterocycles. The third-order valence-corrected chi connectivity index (χ3v) is 11.0. The summed E-state index contributed by atoms with van der Waals surface area (Å²) in [6, 6.07) is 70.9. The first-order chi connectivity index (χ1) is 27.8. The Morgan fingerprint density at radius 2 is 0.982 bits per heavy atom. The predicted molar refractivity (Wildman–Crippen MR) is 233 cm³/mol. The van der Waals surface area contributed by atoms with Gasteiger partial charge >= 0.3 is 0 Å². The van der Waals surface area contributed by atoms with Crippen LogP contribution in [0.15, 0.2) is 210 Å². The van der Waals surface area contributed by atoms with Crippen LogP contribution in [0.25, 0.3) is 71.6 Å². The summed E-state index contributed by atoms with van der Waals surface area (Å²) >= 11 is 0. The van der Waals surface area contributed by atoms with E-state index in [0.717, 1.165) is 55.8 Å².